The topological polar surface area (TPSA) is 19.0 Å². The average molecular weight is 238 g/mol. The van der Waals surface area contributed by atoms with Gasteiger partial charge in [0.2, 0.25) is 0 Å². The molecule has 0 aliphatic carbocycles. The molecule has 1 N–H and O–H groups in total. The van der Waals surface area contributed by atoms with Gasteiger partial charge in [0.05, 0.1) is 11.4 Å². The number of hydrogen-bond acceptors (Lipinski definition) is 1. The molecule has 0 saturated heterocycles. The summed E-state index contributed by atoms with van der Waals surface area (Å²) in [6.07, 6.45) is 4.90. The smallest absolute Gasteiger partial charge is 0.0659 e. The van der Waals surface area contributed by atoms with Gasteiger partial charge in [0.25, 0.3) is 0 Å². The van der Waals surface area contributed by atoms with Crippen LogP contribution in [0.2, 0.25) is 0 Å². The number of aromatic nitrogens is 1. The van der Waals surface area contributed by atoms with Crippen LogP contribution in [-0.4, -0.2) is 23.0 Å². The van der Waals surface area contributed by atoms with Crippen molar-refractivity contribution in [1.29, 1.82) is 0 Å². The summed E-state index contributed by atoms with van der Waals surface area (Å²) in [6.45, 7) is 4.70. The molecule has 0 amide bonds. The van der Waals surface area contributed by atoms with Gasteiger partial charge in [-0.15, -0.1) is 0 Å². The van der Waals surface area contributed by atoms with Gasteiger partial charge in [0, 0.05) is 24.0 Å². The molecule has 2 nitrogen and oxygen atoms in total. The van der Waals surface area contributed by atoms with E-state index in [0.717, 1.165) is 0 Å². The minimum absolute atomic E-state index is 0.702. The molecule has 2 aromatic rings. The Morgan fingerprint density at radius 3 is 3.06 bits per heavy atom. The number of benzene rings is 1. The summed E-state index contributed by atoms with van der Waals surface area (Å²) >= 11 is 0. The van der Waals surface area contributed by atoms with Crippen molar-refractivity contribution in [3.05, 3.63) is 41.6 Å². The fourth-order valence-electron chi connectivity index (χ4n) is 3.34. The molecule has 3 heterocycles. The summed E-state index contributed by atoms with van der Waals surface area (Å²) < 4.78 is 0. The number of rotatable bonds is 0. The summed E-state index contributed by atoms with van der Waals surface area (Å²) in [5.41, 5.74) is 5.60. The molecule has 92 valence electrons. The molecular formula is C16H18N2. The van der Waals surface area contributed by atoms with E-state index in [2.05, 4.69) is 47.1 Å². The summed E-state index contributed by atoms with van der Waals surface area (Å²) in [7, 11) is 0. The lowest BCUT2D eigenvalue weighted by Gasteiger charge is -2.36. The van der Waals surface area contributed by atoms with E-state index in [1.807, 2.05) is 0 Å². The fourth-order valence-corrected chi connectivity index (χ4v) is 3.34. The maximum atomic E-state index is 3.63. The summed E-state index contributed by atoms with van der Waals surface area (Å²) in [4.78, 5) is 6.17. The van der Waals surface area contributed by atoms with Gasteiger partial charge in [0.1, 0.15) is 0 Å². The molecule has 2 aliphatic heterocycles. The Hall–Kier alpha value is -1.70. The molecule has 1 aromatic carbocycles. The minimum Gasteiger partial charge on any atom is -0.370 e. The SMILES string of the molecule is CC1C=C2c3[nH]c4ccccc4c3CCN2CC1. The third kappa shape index (κ3) is 1.35. The molecule has 4 rings (SSSR count). The fraction of sp³-hybridized carbons (Fsp3) is 0.375. The highest BCUT2D eigenvalue weighted by Crippen LogP contribution is 2.36. The number of para-hydroxylation sites is 1. The van der Waals surface area contributed by atoms with Crippen LogP contribution in [0.4, 0.5) is 0 Å². The normalized spacial score (nSPS) is 22.6. The lowest BCUT2D eigenvalue weighted by Crippen LogP contribution is -2.33. The van der Waals surface area contributed by atoms with Crippen LogP contribution in [0, 0.1) is 5.92 Å². The minimum atomic E-state index is 0.702. The first-order valence-electron chi connectivity index (χ1n) is 6.89. The second-order valence-corrected chi connectivity index (χ2v) is 5.58. The molecule has 2 heteroatoms. The molecule has 0 saturated carbocycles. The van der Waals surface area contributed by atoms with Crippen molar-refractivity contribution < 1.29 is 0 Å². The predicted octanol–water partition coefficient (Wildman–Crippen LogP) is 3.41. The van der Waals surface area contributed by atoms with E-state index in [9.17, 15) is 0 Å². The van der Waals surface area contributed by atoms with Crippen molar-refractivity contribution in [2.24, 2.45) is 5.92 Å². The Kier molecular flexibility index (Phi) is 2.07. The second kappa shape index (κ2) is 3.64. The largest absolute Gasteiger partial charge is 0.370 e. The number of fused-ring (bicyclic) bond motifs is 5. The van der Waals surface area contributed by atoms with Gasteiger partial charge < -0.3 is 9.88 Å². The lowest BCUT2D eigenvalue weighted by molar-refractivity contribution is 0.344. The van der Waals surface area contributed by atoms with Crippen LogP contribution in [0.25, 0.3) is 16.6 Å². The molecule has 0 bridgehead atoms. The van der Waals surface area contributed by atoms with Crippen LogP contribution >= 0.6 is 0 Å². The molecule has 0 fully saturated rings. The number of nitrogens with one attached hydrogen (secondary N) is 1. The Morgan fingerprint density at radius 2 is 2.11 bits per heavy atom. The monoisotopic (exact) mass is 238 g/mol. The summed E-state index contributed by atoms with van der Waals surface area (Å²) in [6, 6.07) is 8.68. The lowest BCUT2D eigenvalue weighted by atomic mass is 9.93. The maximum absolute atomic E-state index is 3.63. The second-order valence-electron chi connectivity index (χ2n) is 5.58. The van der Waals surface area contributed by atoms with Crippen molar-refractivity contribution in [1.82, 2.24) is 9.88 Å². The van der Waals surface area contributed by atoms with Crippen LogP contribution in [-0.2, 0) is 6.42 Å². The Bertz CT molecular complexity index is 636. The third-order valence-electron chi connectivity index (χ3n) is 4.34. The molecule has 1 atom stereocenters. The van der Waals surface area contributed by atoms with Crippen LogP contribution < -0.4 is 0 Å². The van der Waals surface area contributed by atoms with Crippen molar-refractivity contribution in [2.45, 2.75) is 19.8 Å². The highest BCUT2D eigenvalue weighted by atomic mass is 15.2. The number of aromatic amines is 1. The van der Waals surface area contributed by atoms with E-state index < -0.39 is 0 Å². The highest BCUT2D eigenvalue weighted by molar-refractivity contribution is 5.89. The number of nitrogens with zero attached hydrogens (tertiary/aromatic N) is 1. The van der Waals surface area contributed by atoms with E-state index >= 15 is 0 Å². The van der Waals surface area contributed by atoms with Crippen molar-refractivity contribution >= 4 is 16.6 Å². The summed E-state index contributed by atoms with van der Waals surface area (Å²) in [5.74, 6) is 0.702. The molecular weight excluding hydrogens is 220 g/mol. The van der Waals surface area contributed by atoms with Gasteiger partial charge in [-0.1, -0.05) is 31.2 Å². The number of H-pyrrole nitrogens is 1. The predicted molar refractivity (Wildman–Crippen MR) is 75.3 cm³/mol. The first-order valence-corrected chi connectivity index (χ1v) is 6.89. The van der Waals surface area contributed by atoms with E-state index in [4.69, 9.17) is 0 Å². The van der Waals surface area contributed by atoms with Crippen molar-refractivity contribution in [3.8, 4) is 0 Å². The Morgan fingerprint density at radius 1 is 1.22 bits per heavy atom. The zero-order valence-corrected chi connectivity index (χ0v) is 10.7. The Labute approximate surface area is 107 Å². The third-order valence-corrected chi connectivity index (χ3v) is 4.34. The Balaban J connectivity index is 1.96. The zero-order chi connectivity index (χ0) is 12.1. The first kappa shape index (κ1) is 10.2. The molecule has 1 aromatic heterocycles. The quantitative estimate of drug-likeness (QED) is 0.745. The van der Waals surface area contributed by atoms with Crippen LogP contribution in [0.3, 0.4) is 0 Å². The molecule has 18 heavy (non-hydrogen) atoms. The number of allylic oxidation sites excluding steroid dienone is 1. The van der Waals surface area contributed by atoms with E-state index in [-0.39, 0.29) is 0 Å². The van der Waals surface area contributed by atoms with Gasteiger partial charge in [-0.25, -0.2) is 0 Å². The van der Waals surface area contributed by atoms with Gasteiger partial charge in [-0.05, 0) is 30.4 Å². The van der Waals surface area contributed by atoms with Gasteiger partial charge >= 0.3 is 0 Å². The highest BCUT2D eigenvalue weighted by Gasteiger charge is 2.27. The molecule has 0 radical (unpaired) electrons. The van der Waals surface area contributed by atoms with E-state index in [1.54, 1.807) is 0 Å². The van der Waals surface area contributed by atoms with Gasteiger partial charge in [0.15, 0.2) is 0 Å². The van der Waals surface area contributed by atoms with Crippen molar-refractivity contribution in [3.63, 3.8) is 0 Å². The van der Waals surface area contributed by atoms with Crippen LogP contribution in [0.15, 0.2) is 30.3 Å². The van der Waals surface area contributed by atoms with Gasteiger partial charge in [-0.3, -0.25) is 0 Å². The molecule has 1 unspecified atom stereocenters. The van der Waals surface area contributed by atoms with Crippen molar-refractivity contribution in [2.75, 3.05) is 13.1 Å². The van der Waals surface area contributed by atoms with E-state index in [1.165, 1.54) is 53.8 Å². The zero-order valence-electron chi connectivity index (χ0n) is 10.7. The van der Waals surface area contributed by atoms with E-state index in [0.29, 0.717) is 5.92 Å². The molecule has 2 aliphatic rings. The van der Waals surface area contributed by atoms with Crippen LogP contribution in [0.5, 0.6) is 0 Å². The first-order chi connectivity index (χ1) is 8.83. The average Bonchev–Trinajstić information content (AvgIpc) is 2.78. The molecule has 0 spiro atoms. The van der Waals surface area contributed by atoms with Gasteiger partial charge in [-0.2, -0.15) is 0 Å². The van der Waals surface area contributed by atoms with Crippen LogP contribution in [0.1, 0.15) is 24.6 Å². The standard InChI is InChI=1S/C16H18N2/c1-11-6-8-18-9-7-13-12-4-2-3-5-14(12)17-16(13)15(18)10-11/h2-5,10-11,17H,6-9H2,1H3. The maximum Gasteiger partial charge on any atom is 0.0659 e. The summed E-state index contributed by atoms with van der Waals surface area (Å²) in [5, 5.41) is 1.41. The number of hydrogen-bond donors (Lipinski definition) is 1.